The van der Waals surface area contributed by atoms with E-state index in [0.29, 0.717) is 17.0 Å². The van der Waals surface area contributed by atoms with Crippen LogP contribution < -0.4 is 0 Å². The van der Waals surface area contributed by atoms with Crippen molar-refractivity contribution < 1.29 is 0 Å². The van der Waals surface area contributed by atoms with Crippen LogP contribution in [0, 0.1) is 11.3 Å². The highest BCUT2D eigenvalue weighted by molar-refractivity contribution is 4.98. The quantitative estimate of drug-likeness (QED) is 0.557. The Labute approximate surface area is 83.5 Å². The molecule has 13 heavy (non-hydrogen) atoms. The van der Waals surface area contributed by atoms with E-state index >= 15 is 0 Å². The summed E-state index contributed by atoms with van der Waals surface area (Å²) in [6.45, 7) is 14.3. The average molecular weight is 183 g/mol. The second-order valence-electron chi connectivity index (χ2n) is 6.12. The van der Waals surface area contributed by atoms with Gasteiger partial charge in [0.05, 0.1) is 0 Å². The van der Waals surface area contributed by atoms with Gasteiger partial charge in [-0.2, -0.15) is 0 Å². The maximum atomic E-state index is 2.53. The third-order valence-corrected chi connectivity index (χ3v) is 4.41. The molecule has 0 amide bonds. The molecule has 0 N–H and O–H groups in total. The molecule has 0 aromatic rings. The predicted octanol–water partition coefficient (Wildman–Crippen LogP) is 3.15. The Morgan fingerprint density at radius 2 is 1.54 bits per heavy atom. The van der Waals surface area contributed by atoms with Crippen LogP contribution in [0.4, 0.5) is 0 Å². The van der Waals surface area contributed by atoms with Gasteiger partial charge in [0.2, 0.25) is 0 Å². The first-order valence-corrected chi connectivity index (χ1v) is 5.41. The van der Waals surface area contributed by atoms with Gasteiger partial charge in [-0.1, -0.05) is 20.8 Å². The number of hydrogen-bond acceptors (Lipinski definition) is 1. The summed E-state index contributed by atoms with van der Waals surface area (Å²) in [5.41, 5.74) is 0.838. The molecule has 1 heteroatoms. The number of nitrogens with zero attached hydrogens (tertiary/aromatic N) is 1. The van der Waals surface area contributed by atoms with Crippen molar-refractivity contribution in [3.8, 4) is 0 Å². The van der Waals surface area contributed by atoms with E-state index in [-0.39, 0.29) is 0 Å². The lowest BCUT2D eigenvalue weighted by Crippen LogP contribution is -2.58. The molecular weight excluding hydrogens is 158 g/mol. The standard InChI is InChI=1S/C12H25N/c1-9-10(2)13(7)12(5,6)8-11(9,3)4/h9-10H,8H2,1-7H3. The van der Waals surface area contributed by atoms with Gasteiger partial charge in [-0.3, -0.25) is 4.90 Å². The smallest absolute Gasteiger partial charge is 0.0158 e. The van der Waals surface area contributed by atoms with E-state index in [4.69, 9.17) is 0 Å². The van der Waals surface area contributed by atoms with Crippen molar-refractivity contribution >= 4 is 0 Å². The van der Waals surface area contributed by atoms with Crippen molar-refractivity contribution in [1.82, 2.24) is 4.90 Å². The van der Waals surface area contributed by atoms with Gasteiger partial charge >= 0.3 is 0 Å². The Kier molecular flexibility index (Phi) is 2.53. The van der Waals surface area contributed by atoms with E-state index in [1.165, 1.54) is 6.42 Å². The molecule has 0 aromatic carbocycles. The highest BCUT2D eigenvalue weighted by atomic mass is 15.2. The SMILES string of the molecule is CC1C(C)C(C)(C)CC(C)(C)N1C. The first-order valence-electron chi connectivity index (χ1n) is 5.41. The molecule has 1 nitrogen and oxygen atoms in total. The molecule has 2 unspecified atom stereocenters. The van der Waals surface area contributed by atoms with E-state index in [0.717, 1.165) is 5.92 Å². The van der Waals surface area contributed by atoms with Gasteiger partial charge in [0.1, 0.15) is 0 Å². The van der Waals surface area contributed by atoms with E-state index in [9.17, 15) is 0 Å². The molecule has 1 heterocycles. The summed E-state index contributed by atoms with van der Waals surface area (Å²) in [6, 6.07) is 0.693. The molecule has 0 aliphatic carbocycles. The topological polar surface area (TPSA) is 3.24 Å². The minimum Gasteiger partial charge on any atom is -0.298 e. The molecule has 1 saturated heterocycles. The lowest BCUT2D eigenvalue weighted by atomic mass is 9.65. The van der Waals surface area contributed by atoms with Crippen LogP contribution in [-0.2, 0) is 0 Å². The average Bonchev–Trinajstić information content (AvgIpc) is 1.96. The number of piperidine rings is 1. The molecule has 1 aliphatic rings. The molecule has 0 saturated carbocycles. The zero-order chi connectivity index (χ0) is 10.4. The van der Waals surface area contributed by atoms with Crippen molar-refractivity contribution in [2.45, 2.75) is 59.5 Å². The van der Waals surface area contributed by atoms with Crippen molar-refractivity contribution in [3.05, 3.63) is 0 Å². The molecule has 1 fully saturated rings. The largest absolute Gasteiger partial charge is 0.298 e. The second kappa shape index (κ2) is 2.98. The summed E-state index contributed by atoms with van der Waals surface area (Å²) in [4.78, 5) is 2.53. The second-order valence-corrected chi connectivity index (χ2v) is 6.12. The maximum absolute atomic E-state index is 2.53. The molecule has 0 radical (unpaired) electrons. The van der Waals surface area contributed by atoms with Crippen LogP contribution in [0.15, 0.2) is 0 Å². The van der Waals surface area contributed by atoms with Crippen LogP contribution in [0.25, 0.3) is 0 Å². The fourth-order valence-electron chi connectivity index (χ4n) is 2.94. The summed E-state index contributed by atoms with van der Waals surface area (Å²) in [5.74, 6) is 0.783. The Bertz CT molecular complexity index is 173. The fourth-order valence-corrected chi connectivity index (χ4v) is 2.94. The number of rotatable bonds is 0. The van der Waals surface area contributed by atoms with Gasteiger partial charge in [0, 0.05) is 11.6 Å². The molecule has 1 aliphatic heterocycles. The van der Waals surface area contributed by atoms with Crippen LogP contribution in [-0.4, -0.2) is 23.5 Å². The van der Waals surface area contributed by atoms with Gasteiger partial charge in [-0.15, -0.1) is 0 Å². The molecule has 0 spiro atoms. The van der Waals surface area contributed by atoms with Crippen molar-refractivity contribution in [2.24, 2.45) is 11.3 Å². The Hall–Kier alpha value is -0.0400. The highest BCUT2D eigenvalue weighted by Crippen LogP contribution is 2.45. The first-order chi connectivity index (χ1) is 5.68. The molecular formula is C12H25N. The minimum absolute atomic E-state index is 0.357. The maximum Gasteiger partial charge on any atom is 0.0158 e. The molecule has 0 aromatic heterocycles. The number of hydrogen-bond donors (Lipinski definition) is 0. The summed E-state index contributed by atoms with van der Waals surface area (Å²) < 4.78 is 0. The van der Waals surface area contributed by atoms with Crippen LogP contribution in [0.2, 0.25) is 0 Å². The third kappa shape index (κ3) is 1.76. The van der Waals surface area contributed by atoms with E-state index in [1.807, 2.05) is 0 Å². The molecule has 1 rings (SSSR count). The van der Waals surface area contributed by atoms with Gasteiger partial charge in [-0.05, 0) is 45.6 Å². The Morgan fingerprint density at radius 3 is 2.00 bits per heavy atom. The monoisotopic (exact) mass is 183 g/mol. The van der Waals surface area contributed by atoms with Gasteiger partial charge in [0.15, 0.2) is 0 Å². The highest BCUT2D eigenvalue weighted by Gasteiger charge is 2.45. The Morgan fingerprint density at radius 1 is 1.08 bits per heavy atom. The minimum atomic E-state index is 0.357. The number of likely N-dealkylation sites (tertiary alicyclic amines) is 1. The lowest BCUT2D eigenvalue weighted by Gasteiger charge is -2.55. The fraction of sp³-hybridized carbons (Fsp3) is 1.00. The first kappa shape index (κ1) is 11.0. The van der Waals surface area contributed by atoms with Crippen molar-refractivity contribution in [2.75, 3.05) is 7.05 Å². The van der Waals surface area contributed by atoms with Crippen molar-refractivity contribution in [1.29, 1.82) is 0 Å². The summed E-state index contributed by atoms with van der Waals surface area (Å²) in [7, 11) is 2.26. The zero-order valence-corrected chi connectivity index (χ0v) is 10.3. The van der Waals surface area contributed by atoms with Crippen LogP contribution in [0.5, 0.6) is 0 Å². The normalized spacial score (nSPS) is 39.0. The predicted molar refractivity (Wildman–Crippen MR) is 58.9 cm³/mol. The molecule has 78 valence electrons. The van der Waals surface area contributed by atoms with E-state index in [2.05, 4.69) is 53.5 Å². The van der Waals surface area contributed by atoms with Gasteiger partial charge < -0.3 is 0 Å². The lowest BCUT2D eigenvalue weighted by molar-refractivity contribution is -0.0508. The van der Waals surface area contributed by atoms with Crippen LogP contribution >= 0.6 is 0 Å². The van der Waals surface area contributed by atoms with Crippen LogP contribution in [0.3, 0.4) is 0 Å². The third-order valence-electron chi connectivity index (χ3n) is 4.41. The Balaban J connectivity index is 2.93. The summed E-state index contributed by atoms with van der Waals surface area (Å²) >= 11 is 0. The van der Waals surface area contributed by atoms with Gasteiger partial charge in [-0.25, -0.2) is 0 Å². The zero-order valence-electron chi connectivity index (χ0n) is 10.3. The molecule has 2 atom stereocenters. The summed E-state index contributed by atoms with van der Waals surface area (Å²) in [6.07, 6.45) is 1.29. The van der Waals surface area contributed by atoms with Crippen LogP contribution in [0.1, 0.15) is 48.0 Å². The molecule has 0 bridgehead atoms. The van der Waals surface area contributed by atoms with Gasteiger partial charge in [0.25, 0.3) is 0 Å². The van der Waals surface area contributed by atoms with E-state index in [1.54, 1.807) is 0 Å². The summed E-state index contributed by atoms with van der Waals surface area (Å²) in [5, 5.41) is 0. The van der Waals surface area contributed by atoms with Crippen molar-refractivity contribution in [3.63, 3.8) is 0 Å². The van der Waals surface area contributed by atoms with E-state index < -0.39 is 0 Å².